The van der Waals surface area contributed by atoms with Gasteiger partial charge in [0.15, 0.2) is 0 Å². The summed E-state index contributed by atoms with van der Waals surface area (Å²) in [5, 5.41) is 0. The van der Waals surface area contributed by atoms with E-state index in [1.165, 1.54) is 32.1 Å². The highest BCUT2D eigenvalue weighted by molar-refractivity contribution is 4.57. The molecule has 0 saturated heterocycles. The van der Waals surface area contributed by atoms with Gasteiger partial charge in [-0.05, 0) is 26.2 Å². The van der Waals surface area contributed by atoms with Gasteiger partial charge in [-0.2, -0.15) is 0 Å². The first-order valence-electron chi connectivity index (χ1n) is 6.39. The predicted molar refractivity (Wildman–Crippen MR) is 63.7 cm³/mol. The lowest BCUT2D eigenvalue weighted by atomic mass is 10.1. The van der Waals surface area contributed by atoms with Crippen molar-refractivity contribution in [1.29, 1.82) is 0 Å². The van der Waals surface area contributed by atoms with Crippen LogP contribution in [0.25, 0.3) is 0 Å². The molecule has 0 N–H and O–H groups in total. The Bertz CT molecular complexity index is 108. The summed E-state index contributed by atoms with van der Waals surface area (Å²) < 4.78 is 5.93. The van der Waals surface area contributed by atoms with Gasteiger partial charge in [-0.15, -0.1) is 0 Å². The van der Waals surface area contributed by atoms with Crippen LogP contribution in [0.3, 0.4) is 0 Å². The zero-order chi connectivity index (χ0) is 10.8. The van der Waals surface area contributed by atoms with Gasteiger partial charge in [-0.3, -0.25) is 0 Å². The highest BCUT2D eigenvalue weighted by Crippen LogP contribution is 2.12. The summed E-state index contributed by atoms with van der Waals surface area (Å²) in [7, 11) is 0. The number of ether oxygens (including phenoxy) is 1. The maximum Gasteiger partial charge on any atom is 0.0573 e. The number of hydrogen-bond acceptors (Lipinski definition) is 1. The minimum Gasteiger partial charge on any atom is -0.375 e. The lowest BCUT2D eigenvalue weighted by molar-refractivity contribution is -0.0107. The lowest BCUT2D eigenvalue weighted by Crippen LogP contribution is -2.18. The van der Waals surface area contributed by atoms with E-state index in [1.54, 1.807) is 0 Å². The third-order valence-electron chi connectivity index (χ3n) is 2.80. The highest BCUT2D eigenvalue weighted by Gasteiger charge is 2.08. The second kappa shape index (κ2) is 9.51. The fourth-order valence-electron chi connectivity index (χ4n) is 1.74. The Balaban J connectivity index is 3.38. The Hall–Kier alpha value is -0.0400. The molecule has 0 aromatic carbocycles. The summed E-state index contributed by atoms with van der Waals surface area (Å²) in [6, 6.07) is 0. The van der Waals surface area contributed by atoms with Gasteiger partial charge in [-0.25, -0.2) is 0 Å². The van der Waals surface area contributed by atoms with E-state index in [-0.39, 0.29) is 0 Å². The summed E-state index contributed by atoms with van der Waals surface area (Å²) in [6.07, 6.45) is 9.86. The van der Waals surface area contributed by atoms with Crippen molar-refractivity contribution in [2.24, 2.45) is 0 Å². The molecule has 0 aliphatic carbocycles. The normalized spacial score (nSPS) is 13.5. The van der Waals surface area contributed by atoms with Crippen molar-refractivity contribution < 1.29 is 4.74 Å². The zero-order valence-corrected chi connectivity index (χ0v) is 10.5. The molecular formula is C13H28O. The van der Waals surface area contributed by atoms with Crippen LogP contribution in [0.2, 0.25) is 0 Å². The number of hydrogen-bond donors (Lipinski definition) is 0. The zero-order valence-electron chi connectivity index (χ0n) is 10.5. The Morgan fingerprint density at radius 1 is 0.929 bits per heavy atom. The Morgan fingerprint density at radius 2 is 1.57 bits per heavy atom. The summed E-state index contributed by atoms with van der Waals surface area (Å²) in [6.45, 7) is 8.88. The molecule has 14 heavy (non-hydrogen) atoms. The fourth-order valence-corrected chi connectivity index (χ4v) is 1.74. The fraction of sp³-hybridized carbons (Fsp3) is 1.00. The Labute approximate surface area is 90.2 Å². The first kappa shape index (κ1) is 14.0. The minimum atomic E-state index is 0.455. The molecule has 0 amide bonds. The van der Waals surface area contributed by atoms with Gasteiger partial charge in [0.1, 0.15) is 0 Å². The molecule has 0 aliphatic heterocycles. The van der Waals surface area contributed by atoms with Crippen LogP contribution in [0.5, 0.6) is 0 Å². The van der Waals surface area contributed by atoms with Gasteiger partial charge in [-0.1, -0.05) is 46.5 Å². The molecular weight excluding hydrogens is 172 g/mol. The maximum atomic E-state index is 5.93. The second-order valence-corrected chi connectivity index (χ2v) is 4.23. The van der Waals surface area contributed by atoms with Crippen molar-refractivity contribution in [3.63, 3.8) is 0 Å². The second-order valence-electron chi connectivity index (χ2n) is 4.23. The molecule has 1 atom stereocenters. The van der Waals surface area contributed by atoms with E-state index in [9.17, 15) is 0 Å². The smallest absolute Gasteiger partial charge is 0.0573 e. The molecule has 0 aliphatic rings. The van der Waals surface area contributed by atoms with Crippen LogP contribution in [0.1, 0.15) is 72.6 Å². The molecule has 1 unspecified atom stereocenters. The summed E-state index contributed by atoms with van der Waals surface area (Å²) in [5.74, 6) is 0. The SMILES string of the molecule is CCCCCCC(C)OC(CC)CC. The van der Waals surface area contributed by atoms with E-state index in [0.717, 1.165) is 12.8 Å². The molecule has 0 rings (SSSR count). The number of rotatable bonds is 9. The van der Waals surface area contributed by atoms with E-state index in [0.29, 0.717) is 12.2 Å². The average molecular weight is 200 g/mol. The Morgan fingerprint density at radius 3 is 2.07 bits per heavy atom. The topological polar surface area (TPSA) is 9.23 Å². The maximum absolute atomic E-state index is 5.93. The van der Waals surface area contributed by atoms with E-state index in [2.05, 4.69) is 27.7 Å². The van der Waals surface area contributed by atoms with Crippen LogP contribution in [0.15, 0.2) is 0 Å². The lowest BCUT2D eigenvalue weighted by Gasteiger charge is -2.20. The third kappa shape index (κ3) is 7.37. The summed E-state index contributed by atoms with van der Waals surface area (Å²) in [5.41, 5.74) is 0. The van der Waals surface area contributed by atoms with Crippen molar-refractivity contribution in [2.45, 2.75) is 84.8 Å². The van der Waals surface area contributed by atoms with Crippen LogP contribution >= 0.6 is 0 Å². The van der Waals surface area contributed by atoms with Gasteiger partial charge in [0, 0.05) is 0 Å². The monoisotopic (exact) mass is 200 g/mol. The van der Waals surface area contributed by atoms with Gasteiger partial charge in [0.2, 0.25) is 0 Å². The van der Waals surface area contributed by atoms with Crippen molar-refractivity contribution in [1.82, 2.24) is 0 Å². The van der Waals surface area contributed by atoms with Crippen LogP contribution < -0.4 is 0 Å². The van der Waals surface area contributed by atoms with Gasteiger partial charge in [0.05, 0.1) is 12.2 Å². The largest absolute Gasteiger partial charge is 0.375 e. The average Bonchev–Trinajstić information content (AvgIpc) is 2.21. The molecule has 0 bridgehead atoms. The first-order valence-corrected chi connectivity index (χ1v) is 6.39. The van der Waals surface area contributed by atoms with Crippen LogP contribution in [-0.2, 0) is 4.74 Å². The Kier molecular flexibility index (Phi) is 9.49. The van der Waals surface area contributed by atoms with E-state index >= 15 is 0 Å². The first-order chi connectivity index (χ1) is 6.74. The predicted octanol–water partition coefficient (Wildman–Crippen LogP) is 4.55. The van der Waals surface area contributed by atoms with Gasteiger partial charge >= 0.3 is 0 Å². The standard InChI is InChI=1S/C13H28O/c1-5-8-9-10-11-12(4)14-13(6-2)7-3/h12-13H,5-11H2,1-4H3. The molecule has 0 saturated carbocycles. The summed E-state index contributed by atoms with van der Waals surface area (Å²) >= 11 is 0. The molecule has 0 spiro atoms. The van der Waals surface area contributed by atoms with Gasteiger partial charge in [0.25, 0.3) is 0 Å². The van der Waals surface area contributed by atoms with Crippen LogP contribution in [0.4, 0.5) is 0 Å². The van der Waals surface area contributed by atoms with Crippen LogP contribution in [-0.4, -0.2) is 12.2 Å². The van der Waals surface area contributed by atoms with Crippen molar-refractivity contribution in [3.05, 3.63) is 0 Å². The van der Waals surface area contributed by atoms with Crippen molar-refractivity contribution in [2.75, 3.05) is 0 Å². The van der Waals surface area contributed by atoms with E-state index < -0.39 is 0 Å². The minimum absolute atomic E-state index is 0.455. The van der Waals surface area contributed by atoms with Crippen molar-refractivity contribution >= 4 is 0 Å². The van der Waals surface area contributed by atoms with Crippen molar-refractivity contribution in [3.8, 4) is 0 Å². The highest BCUT2D eigenvalue weighted by atomic mass is 16.5. The molecule has 86 valence electrons. The molecule has 0 aromatic rings. The number of unbranched alkanes of at least 4 members (excludes halogenated alkanes) is 3. The van der Waals surface area contributed by atoms with Crippen LogP contribution in [0, 0.1) is 0 Å². The van der Waals surface area contributed by atoms with E-state index in [4.69, 9.17) is 4.74 Å². The molecule has 0 heterocycles. The molecule has 0 radical (unpaired) electrons. The molecule has 0 fully saturated rings. The molecule has 0 aromatic heterocycles. The van der Waals surface area contributed by atoms with Gasteiger partial charge < -0.3 is 4.74 Å². The third-order valence-corrected chi connectivity index (χ3v) is 2.80. The molecule has 1 heteroatoms. The summed E-state index contributed by atoms with van der Waals surface area (Å²) in [4.78, 5) is 0. The molecule has 1 nitrogen and oxygen atoms in total. The van der Waals surface area contributed by atoms with E-state index in [1.807, 2.05) is 0 Å². The quantitative estimate of drug-likeness (QED) is 0.496.